The van der Waals surface area contributed by atoms with Crippen LogP contribution in [-0.4, -0.2) is 0 Å². The van der Waals surface area contributed by atoms with Crippen LogP contribution in [-0.2, 0) is 0 Å². The Balaban J connectivity index is 1.48. The molecule has 6 aromatic rings. The highest BCUT2D eigenvalue weighted by atomic mass is 32.1. The summed E-state index contributed by atoms with van der Waals surface area (Å²) in [5.41, 5.74) is 9.28. The number of anilines is 2. The topological polar surface area (TPSA) is 3.24 Å². The first kappa shape index (κ1) is 28.9. The highest BCUT2D eigenvalue weighted by Gasteiger charge is 2.16. The quantitative estimate of drug-likeness (QED) is 0.153. The Labute approximate surface area is 264 Å². The number of hydrogen-bond acceptors (Lipinski definition) is 2. The van der Waals surface area contributed by atoms with E-state index in [-0.39, 0.29) is 0 Å². The van der Waals surface area contributed by atoms with Gasteiger partial charge in [0, 0.05) is 26.3 Å². The molecule has 0 N–H and O–H groups in total. The largest absolute Gasteiger partial charge is 0.314 e. The third-order valence-corrected chi connectivity index (χ3v) is 9.22. The first-order valence-electron chi connectivity index (χ1n) is 14.8. The van der Waals surface area contributed by atoms with E-state index in [0.717, 1.165) is 28.2 Å². The Morgan fingerprint density at radius 2 is 1.48 bits per heavy atom. The lowest BCUT2D eigenvalue weighted by Crippen LogP contribution is -2.14. The molecule has 0 atom stereocenters. The van der Waals surface area contributed by atoms with Crippen LogP contribution in [0.3, 0.4) is 0 Å². The van der Waals surface area contributed by atoms with Crippen LogP contribution in [0, 0.1) is 6.92 Å². The van der Waals surface area contributed by atoms with Crippen LogP contribution in [0.5, 0.6) is 0 Å². The third-order valence-electron chi connectivity index (χ3n) is 7.99. The van der Waals surface area contributed by atoms with Crippen LogP contribution >= 0.6 is 11.3 Å². The molecule has 1 heterocycles. The van der Waals surface area contributed by atoms with Gasteiger partial charge in [0.1, 0.15) is 0 Å². The summed E-state index contributed by atoms with van der Waals surface area (Å²) >= 11 is 1.82. The maximum Gasteiger partial charge on any atom is 0.0536 e. The average Bonchev–Trinajstić information content (AvgIpc) is 3.39. The van der Waals surface area contributed by atoms with Crippen molar-refractivity contribution < 1.29 is 0 Å². The Kier molecular flexibility index (Phi) is 8.54. The number of benzene rings is 5. The van der Waals surface area contributed by atoms with Crippen molar-refractivity contribution in [3.05, 3.63) is 181 Å². The maximum absolute atomic E-state index is 4.09. The Bertz CT molecular complexity index is 2060. The van der Waals surface area contributed by atoms with E-state index in [1.54, 1.807) is 0 Å². The lowest BCUT2D eigenvalue weighted by molar-refractivity contribution is 1.16. The van der Waals surface area contributed by atoms with Gasteiger partial charge >= 0.3 is 0 Å². The molecule has 1 nitrogen and oxygen atoms in total. The van der Waals surface area contributed by atoms with Gasteiger partial charge in [-0.05, 0) is 94.9 Å². The molecule has 0 aliphatic rings. The van der Waals surface area contributed by atoms with E-state index in [4.69, 9.17) is 0 Å². The number of allylic oxidation sites excluding steroid dienone is 7. The Morgan fingerprint density at radius 1 is 0.727 bits per heavy atom. The van der Waals surface area contributed by atoms with Gasteiger partial charge in [-0.25, -0.2) is 0 Å². The minimum Gasteiger partial charge on any atom is -0.314 e. The summed E-state index contributed by atoms with van der Waals surface area (Å²) in [5, 5.41) is 3.72. The summed E-state index contributed by atoms with van der Waals surface area (Å²) in [4.78, 5) is 3.64. The normalized spacial score (nSPS) is 12.2. The van der Waals surface area contributed by atoms with E-state index < -0.39 is 0 Å². The molecule has 0 radical (unpaired) electrons. The molecule has 0 saturated carbocycles. The lowest BCUT2D eigenvalue weighted by Gasteiger charge is -2.28. The van der Waals surface area contributed by atoms with Crippen molar-refractivity contribution in [1.29, 1.82) is 0 Å². The number of nitrogens with zero attached hydrogens (tertiary/aromatic N) is 1. The molecule has 0 spiro atoms. The van der Waals surface area contributed by atoms with Gasteiger partial charge in [-0.3, -0.25) is 0 Å². The van der Waals surface area contributed by atoms with Crippen molar-refractivity contribution in [3.63, 3.8) is 0 Å². The van der Waals surface area contributed by atoms with E-state index in [2.05, 4.69) is 159 Å². The molecule has 0 amide bonds. The van der Waals surface area contributed by atoms with Crippen molar-refractivity contribution in [2.75, 3.05) is 4.90 Å². The number of hydrogen-bond donors (Lipinski definition) is 0. The van der Waals surface area contributed by atoms with E-state index in [1.165, 1.54) is 42.4 Å². The molecule has 214 valence electrons. The molecule has 0 bridgehead atoms. The zero-order chi connectivity index (χ0) is 30.5. The van der Waals surface area contributed by atoms with Gasteiger partial charge in [0.05, 0.1) is 5.69 Å². The first-order chi connectivity index (χ1) is 21.6. The minimum atomic E-state index is 1.08. The predicted octanol–water partition coefficient (Wildman–Crippen LogP) is 12.5. The number of thiophene rings is 1. The number of rotatable bonds is 9. The Morgan fingerprint density at radius 3 is 2.30 bits per heavy atom. The van der Waals surface area contributed by atoms with E-state index in [1.807, 2.05) is 35.6 Å². The van der Waals surface area contributed by atoms with Gasteiger partial charge in [0.2, 0.25) is 0 Å². The van der Waals surface area contributed by atoms with Crippen molar-refractivity contribution in [2.45, 2.75) is 13.8 Å². The van der Waals surface area contributed by atoms with E-state index in [0.29, 0.717) is 0 Å². The lowest BCUT2D eigenvalue weighted by atomic mass is 10.0. The standard InChI is InChI=1S/C42H35NS/c1-5-7-23-41-31(4)39-29-36(26-27-42(39)44-41)35-19-13-20-37(28-35)43(40-22-14-18-34-17-11-12-21-38(34)40)30(3)24-25-32(6-2)33-15-9-8-10-16-33/h5-29H,1-2H2,3-4H3/b23-7-,30-24+,32-25+. The first-order valence-corrected chi connectivity index (χ1v) is 15.7. The van der Waals surface area contributed by atoms with Gasteiger partial charge in [-0.15, -0.1) is 11.3 Å². The molecule has 6 rings (SSSR count). The molecule has 0 saturated heterocycles. The number of aryl methyl sites for hydroxylation is 1. The molecule has 44 heavy (non-hydrogen) atoms. The fourth-order valence-electron chi connectivity index (χ4n) is 5.69. The summed E-state index contributed by atoms with van der Waals surface area (Å²) in [6.45, 7) is 12.3. The van der Waals surface area contributed by atoms with Crippen molar-refractivity contribution in [3.8, 4) is 11.1 Å². The molecule has 0 unspecified atom stereocenters. The molecular formula is C42H35NS. The summed E-state index contributed by atoms with van der Waals surface area (Å²) in [6.07, 6.45) is 12.3. The van der Waals surface area contributed by atoms with Crippen LogP contribution in [0.15, 0.2) is 164 Å². The van der Waals surface area contributed by atoms with Gasteiger partial charge in [0.25, 0.3) is 0 Å². The number of fused-ring (bicyclic) bond motifs is 2. The fraction of sp³-hybridized carbons (Fsp3) is 0.0476. The van der Waals surface area contributed by atoms with Crippen molar-refractivity contribution in [1.82, 2.24) is 0 Å². The van der Waals surface area contributed by atoms with Gasteiger partial charge in [-0.1, -0.05) is 122 Å². The summed E-state index contributed by atoms with van der Waals surface area (Å²) in [7, 11) is 0. The second-order valence-corrected chi connectivity index (χ2v) is 11.9. The van der Waals surface area contributed by atoms with Gasteiger partial charge < -0.3 is 4.90 Å². The zero-order valence-corrected chi connectivity index (χ0v) is 26.0. The predicted molar refractivity (Wildman–Crippen MR) is 196 cm³/mol. The summed E-state index contributed by atoms with van der Waals surface area (Å²) in [6, 6.07) is 41.2. The molecular weight excluding hydrogens is 551 g/mol. The fourth-order valence-corrected chi connectivity index (χ4v) is 6.80. The van der Waals surface area contributed by atoms with Crippen LogP contribution in [0.4, 0.5) is 11.4 Å². The van der Waals surface area contributed by atoms with Crippen LogP contribution in [0.2, 0.25) is 0 Å². The van der Waals surface area contributed by atoms with E-state index >= 15 is 0 Å². The molecule has 1 aromatic heterocycles. The SMILES string of the molecule is C=C/C=C\c1sc2ccc(-c3cccc(N(/C(C)=C/C=C(\C=C)c4ccccc4)c4cccc5ccccc45)c3)cc2c1C. The highest BCUT2D eigenvalue weighted by Crippen LogP contribution is 2.39. The second kappa shape index (κ2) is 13.0. The third kappa shape index (κ3) is 5.86. The zero-order valence-electron chi connectivity index (χ0n) is 25.2. The molecule has 0 fully saturated rings. The molecule has 5 aromatic carbocycles. The molecule has 2 heteroatoms. The van der Waals surface area contributed by atoms with Crippen LogP contribution in [0.25, 0.3) is 43.6 Å². The summed E-state index contributed by atoms with van der Waals surface area (Å²) < 4.78 is 1.30. The van der Waals surface area contributed by atoms with E-state index in [9.17, 15) is 0 Å². The Hall–Kier alpha value is -5.18. The smallest absolute Gasteiger partial charge is 0.0536 e. The van der Waals surface area contributed by atoms with Crippen LogP contribution < -0.4 is 4.90 Å². The second-order valence-electron chi connectivity index (χ2n) is 10.8. The van der Waals surface area contributed by atoms with Crippen molar-refractivity contribution >= 4 is 55.2 Å². The average molecular weight is 586 g/mol. The molecule has 0 aliphatic carbocycles. The minimum absolute atomic E-state index is 1.08. The monoisotopic (exact) mass is 585 g/mol. The van der Waals surface area contributed by atoms with Crippen LogP contribution in [0.1, 0.15) is 22.9 Å². The van der Waals surface area contributed by atoms with Gasteiger partial charge in [0.15, 0.2) is 0 Å². The van der Waals surface area contributed by atoms with Crippen molar-refractivity contribution in [2.24, 2.45) is 0 Å². The highest BCUT2D eigenvalue weighted by molar-refractivity contribution is 7.20. The van der Waals surface area contributed by atoms with Gasteiger partial charge in [-0.2, -0.15) is 0 Å². The maximum atomic E-state index is 4.09. The molecule has 0 aliphatic heterocycles. The summed E-state index contributed by atoms with van der Waals surface area (Å²) in [5.74, 6) is 0.